The van der Waals surface area contributed by atoms with Gasteiger partial charge in [-0.1, -0.05) is 36.8 Å². The molecule has 1 heterocycles. The van der Waals surface area contributed by atoms with Gasteiger partial charge in [0.25, 0.3) is 0 Å². The molecule has 0 radical (unpaired) electrons. The van der Waals surface area contributed by atoms with Crippen molar-refractivity contribution in [2.45, 2.75) is 25.9 Å². The first kappa shape index (κ1) is 16.8. The van der Waals surface area contributed by atoms with Crippen LogP contribution < -0.4 is 5.32 Å². The molecule has 2 rings (SSSR count). The van der Waals surface area contributed by atoms with Crippen LogP contribution in [0.25, 0.3) is 0 Å². The predicted octanol–water partition coefficient (Wildman–Crippen LogP) is 2.16. The summed E-state index contributed by atoms with van der Waals surface area (Å²) in [5.41, 5.74) is 2.49. The number of methoxy groups -OCH3 is 1. The lowest BCUT2D eigenvalue weighted by atomic mass is 9.99. The molecule has 1 N–H and O–H groups in total. The van der Waals surface area contributed by atoms with Crippen molar-refractivity contribution in [1.82, 2.24) is 10.2 Å². The first-order chi connectivity index (χ1) is 10.6. The van der Waals surface area contributed by atoms with Gasteiger partial charge >= 0.3 is 6.03 Å². The third-order valence-corrected chi connectivity index (χ3v) is 3.95. The van der Waals surface area contributed by atoms with Gasteiger partial charge in [-0.25, -0.2) is 4.79 Å². The summed E-state index contributed by atoms with van der Waals surface area (Å²) in [5.74, 6) is 0.291. The number of urea groups is 1. The number of morpholine rings is 1. The zero-order valence-electron chi connectivity index (χ0n) is 13.7. The highest BCUT2D eigenvalue weighted by Crippen LogP contribution is 2.15. The van der Waals surface area contributed by atoms with E-state index < -0.39 is 0 Å². The Morgan fingerprint density at radius 2 is 2.36 bits per heavy atom. The van der Waals surface area contributed by atoms with E-state index in [-0.39, 0.29) is 12.1 Å². The zero-order valence-corrected chi connectivity index (χ0v) is 13.7. The predicted molar refractivity (Wildman–Crippen MR) is 86.2 cm³/mol. The summed E-state index contributed by atoms with van der Waals surface area (Å²) in [6.45, 7) is 7.14. The Morgan fingerprint density at radius 3 is 3.09 bits per heavy atom. The maximum atomic E-state index is 12.3. The molecule has 1 saturated heterocycles. The molecule has 0 saturated carbocycles. The lowest BCUT2D eigenvalue weighted by molar-refractivity contribution is -0.0494. The van der Waals surface area contributed by atoms with Crippen LogP contribution in [0.3, 0.4) is 0 Å². The summed E-state index contributed by atoms with van der Waals surface area (Å²) in [7, 11) is 1.64. The summed E-state index contributed by atoms with van der Waals surface area (Å²) in [4.78, 5) is 14.1. The maximum absolute atomic E-state index is 12.3. The molecular weight excluding hydrogens is 280 g/mol. The number of hydrogen-bond acceptors (Lipinski definition) is 3. The van der Waals surface area contributed by atoms with Crippen LogP contribution in [-0.4, -0.2) is 57.0 Å². The zero-order chi connectivity index (χ0) is 15.9. The quantitative estimate of drug-likeness (QED) is 0.907. The Morgan fingerprint density at radius 1 is 1.55 bits per heavy atom. The normalized spacial score (nSPS) is 19.8. The summed E-state index contributed by atoms with van der Waals surface area (Å²) < 4.78 is 10.7. The van der Waals surface area contributed by atoms with Gasteiger partial charge in [0.05, 0.1) is 25.9 Å². The molecule has 0 aliphatic carbocycles. The molecule has 122 valence electrons. The maximum Gasteiger partial charge on any atom is 0.317 e. The third-order valence-electron chi connectivity index (χ3n) is 3.95. The second-order valence-electron chi connectivity index (χ2n) is 5.90. The molecule has 1 aromatic carbocycles. The van der Waals surface area contributed by atoms with Crippen molar-refractivity contribution < 1.29 is 14.3 Å². The molecule has 22 heavy (non-hydrogen) atoms. The number of ether oxygens (including phenoxy) is 2. The van der Waals surface area contributed by atoms with Gasteiger partial charge in [-0.3, -0.25) is 0 Å². The van der Waals surface area contributed by atoms with Crippen molar-refractivity contribution in [3.05, 3.63) is 35.4 Å². The Labute approximate surface area is 132 Å². The van der Waals surface area contributed by atoms with Gasteiger partial charge in [0.15, 0.2) is 0 Å². The summed E-state index contributed by atoms with van der Waals surface area (Å²) >= 11 is 0. The second kappa shape index (κ2) is 8.15. The Kier molecular flexibility index (Phi) is 6.21. The van der Waals surface area contributed by atoms with E-state index in [1.54, 1.807) is 12.0 Å². The largest absolute Gasteiger partial charge is 0.382 e. The standard InChI is InChI=1S/C17H26N2O3/c1-13-5-4-6-15(9-13)14(2)10-18-17(20)19-7-8-22-16(11-19)12-21-3/h4-6,9,14,16H,7-8,10-12H2,1-3H3,(H,18,20). The molecule has 1 aliphatic heterocycles. The lowest BCUT2D eigenvalue weighted by Gasteiger charge is -2.32. The van der Waals surface area contributed by atoms with Crippen LogP contribution in [0.5, 0.6) is 0 Å². The summed E-state index contributed by atoms with van der Waals surface area (Å²) in [6.07, 6.45) is -0.0290. The summed E-state index contributed by atoms with van der Waals surface area (Å²) in [5, 5.41) is 3.02. The Balaban J connectivity index is 1.81. The number of carbonyl (C=O) groups excluding carboxylic acids is 1. The van der Waals surface area contributed by atoms with Gasteiger partial charge < -0.3 is 19.7 Å². The van der Waals surface area contributed by atoms with E-state index in [4.69, 9.17) is 9.47 Å². The molecule has 5 heteroatoms. The minimum Gasteiger partial charge on any atom is -0.382 e. The van der Waals surface area contributed by atoms with E-state index in [9.17, 15) is 4.79 Å². The minimum absolute atomic E-state index is 0.0242. The van der Waals surface area contributed by atoms with Crippen molar-refractivity contribution in [1.29, 1.82) is 0 Å². The third kappa shape index (κ3) is 4.71. The summed E-state index contributed by atoms with van der Waals surface area (Å²) in [6, 6.07) is 8.38. The minimum atomic E-state index is -0.0290. The van der Waals surface area contributed by atoms with E-state index in [0.717, 1.165) is 0 Å². The van der Waals surface area contributed by atoms with Gasteiger partial charge in [0, 0.05) is 20.2 Å². The number of nitrogens with zero attached hydrogens (tertiary/aromatic N) is 1. The number of carbonyl (C=O) groups is 1. The SMILES string of the molecule is COCC1CN(C(=O)NCC(C)c2cccc(C)c2)CCO1. The Hall–Kier alpha value is -1.59. The van der Waals surface area contributed by atoms with Crippen LogP contribution in [0.15, 0.2) is 24.3 Å². The average molecular weight is 306 g/mol. The van der Waals surface area contributed by atoms with Crippen molar-refractivity contribution in [3.63, 3.8) is 0 Å². The lowest BCUT2D eigenvalue weighted by Crippen LogP contribution is -2.51. The smallest absolute Gasteiger partial charge is 0.317 e. The van der Waals surface area contributed by atoms with E-state index in [1.165, 1.54) is 11.1 Å². The highest BCUT2D eigenvalue weighted by atomic mass is 16.5. The van der Waals surface area contributed by atoms with Gasteiger partial charge in [0.1, 0.15) is 0 Å². The molecule has 2 atom stereocenters. The number of benzene rings is 1. The fraction of sp³-hybridized carbons (Fsp3) is 0.588. The van der Waals surface area contributed by atoms with Gasteiger partial charge in [-0.15, -0.1) is 0 Å². The molecule has 2 unspecified atom stereocenters. The highest BCUT2D eigenvalue weighted by Gasteiger charge is 2.24. The van der Waals surface area contributed by atoms with Gasteiger partial charge in [-0.2, -0.15) is 0 Å². The van der Waals surface area contributed by atoms with E-state index in [0.29, 0.717) is 38.8 Å². The number of amides is 2. The van der Waals surface area contributed by atoms with Gasteiger partial charge in [-0.05, 0) is 18.4 Å². The van der Waals surface area contributed by atoms with E-state index in [1.807, 2.05) is 0 Å². The monoisotopic (exact) mass is 306 g/mol. The topological polar surface area (TPSA) is 50.8 Å². The molecule has 1 fully saturated rings. The van der Waals surface area contributed by atoms with Crippen LogP contribution in [0.4, 0.5) is 4.79 Å². The van der Waals surface area contributed by atoms with Crippen LogP contribution in [-0.2, 0) is 9.47 Å². The molecule has 0 bridgehead atoms. The number of hydrogen-bond donors (Lipinski definition) is 1. The van der Waals surface area contributed by atoms with Crippen molar-refractivity contribution in [3.8, 4) is 0 Å². The molecule has 0 aromatic heterocycles. The molecular formula is C17H26N2O3. The highest BCUT2D eigenvalue weighted by molar-refractivity contribution is 5.74. The molecule has 0 spiro atoms. The number of rotatable bonds is 5. The van der Waals surface area contributed by atoms with Crippen LogP contribution in [0.1, 0.15) is 24.0 Å². The van der Waals surface area contributed by atoms with Crippen LogP contribution in [0, 0.1) is 6.92 Å². The first-order valence-corrected chi connectivity index (χ1v) is 7.80. The first-order valence-electron chi connectivity index (χ1n) is 7.80. The second-order valence-corrected chi connectivity index (χ2v) is 5.90. The van der Waals surface area contributed by atoms with Crippen molar-refractivity contribution in [2.75, 3.05) is 40.0 Å². The average Bonchev–Trinajstić information content (AvgIpc) is 2.53. The molecule has 2 amide bonds. The molecule has 1 aromatic rings. The fourth-order valence-corrected chi connectivity index (χ4v) is 2.64. The number of aryl methyl sites for hydroxylation is 1. The molecule has 5 nitrogen and oxygen atoms in total. The Bertz CT molecular complexity index is 491. The van der Waals surface area contributed by atoms with E-state index in [2.05, 4.69) is 43.4 Å². The van der Waals surface area contributed by atoms with Crippen LogP contribution in [0.2, 0.25) is 0 Å². The van der Waals surface area contributed by atoms with Crippen LogP contribution >= 0.6 is 0 Å². The van der Waals surface area contributed by atoms with Crippen molar-refractivity contribution >= 4 is 6.03 Å². The van der Waals surface area contributed by atoms with Gasteiger partial charge in [0.2, 0.25) is 0 Å². The molecule has 1 aliphatic rings. The van der Waals surface area contributed by atoms with Crippen molar-refractivity contribution in [2.24, 2.45) is 0 Å². The van der Waals surface area contributed by atoms with E-state index >= 15 is 0 Å². The number of nitrogens with one attached hydrogen (secondary N) is 1. The fourth-order valence-electron chi connectivity index (χ4n) is 2.64.